The van der Waals surface area contributed by atoms with Crippen LogP contribution in [0, 0.1) is 11.8 Å². The van der Waals surface area contributed by atoms with Gasteiger partial charge in [-0.3, -0.25) is 28.8 Å². The molecule has 8 atom stereocenters. The Balaban J connectivity index is 0.000000175. The number of H-pyrrole nitrogens is 4. The fourth-order valence-corrected chi connectivity index (χ4v) is 20.9. The zero-order valence-electron chi connectivity index (χ0n) is 75.7. The number of hydrogen-bond donors (Lipinski definition) is 6. The number of aromatic amines is 4. The predicted molar refractivity (Wildman–Crippen MR) is 500 cm³/mol. The van der Waals surface area contributed by atoms with Gasteiger partial charge in [-0.1, -0.05) is 146 Å². The molecule has 0 saturated carbocycles. The van der Waals surface area contributed by atoms with Gasteiger partial charge in [-0.2, -0.15) is 0 Å². The van der Waals surface area contributed by atoms with Gasteiger partial charge in [0.1, 0.15) is 35.4 Å². The van der Waals surface area contributed by atoms with E-state index in [2.05, 4.69) is 152 Å². The van der Waals surface area contributed by atoms with E-state index in [1.165, 1.54) is 34.0 Å². The summed E-state index contributed by atoms with van der Waals surface area (Å²) in [6.07, 6.45) is 13.4. The van der Waals surface area contributed by atoms with Gasteiger partial charge in [0.05, 0.1) is 118 Å². The molecule has 0 spiro atoms. The number of aromatic nitrogens is 8. The molecule has 6 aliphatic heterocycles. The van der Waals surface area contributed by atoms with E-state index in [0.717, 1.165) is 204 Å². The molecule has 9 aromatic carbocycles. The summed E-state index contributed by atoms with van der Waals surface area (Å²) in [7, 11) is 5.33. The number of likely N-dealkylation sites (tertiary alicyclic amines) is 4. The van der Waals surface area contributed by atoms with E-state index in [1.54, 1.807) is 0 Å². The van der Waals surface area contributed by atoms with Gasteiger partial charge < -0.3 is 78.6 Å². The SMILES string of the molecule is COC(=O)C[C@@H](C(=O)N1CCC[C@H]1c1ncc(-c2ccc3cc(-c4ccc5c(c4)CCc4[nH]c([C@@H]6CCCN6C(=O)[C@@H](NC(=O)OC)C6CCOCC6)nc4-5)ccc3c2)[nH]1)c1ccccc1.COC(=O)C[C@@H](C(=O)N1CCC[C@H]1c1ncc(-c2ccc3cc(-c4ccc5c(ccc6[nH]c([C@@H]7CCCN7C(=O)[C@@H](NC(=O)OC)C7CCOCC7)nc65)c4)ccc3c2)[nH]1)c1ccccc1.[O]=[Mn]=[O]. The number of ether oxygens (including phenoxy) is 6. The maximum atomic E-state index is 14.2. The van der Waals surface area contributed by atoms with Gasteiger partial charge >= 0.3 is 46.6 Å². The van der Waals surface area contributed by atoms with Crippen LogP contribution >= 0.6 is 0 Å². The number of carbonyl (C=O) groups excluding carboxylic acids is 8. The number of alkyl carbamates (subject to hydrolysis) is 2. The van der Waals surface area contributed by atoms with E-state index in [-0.39, 0.29) is 72.5 Å². The zero-order chi connectivity index (χ0) is 93.3. The first-order valence-electron chi connectivity index (χ1n) is 46.5. The molecule has 6 saturated heterocycles. The number of esters is 2. The number of benzene rings is 9. The molecule has 7 aliphatic rings. The second-order valence-electron chi connectivity index (χ2n) is 35.7. The number of rotatable bonds is 22. The molecule has 31 heteroatoms. The van der Waals surface area contributed by atoms with Gasteiger partial charge in [-0.05, 0) is 204 Å². The average molecular weight is 1870 g/mol. The van der Waals surface area contributed by atoms with E-state index < -0.39 is 62.9 Å². The van der Waals surface area contributed by atoms with Crippen LogP contribution in [0.4, 0.5) is 9.59 Å². The van der Waals surface area contributed by atoms with Crippen molar-refractivity contribution in [3.63, 3.8) is 0 Å². The van der Waals surface area contributed by atoms with Crippen LogP contribution < -0.4 is 10.6 Å². The van der Waals surface area contributed by atoms with Crippen molar-refractivity contribution < 1.29 is 89.3 Å². The van der Waals surface area contributed by atoms with Crippen molar-refractivity contribution in [1.29, 1.82) is 0 Å². The van der Waals surface area contributed by atoms with Crippen molar-refractivity contribution in [2.75, 3.05) is 81.0 Å². The number of nitrogens with one attached hydrogen (secondary N) is 6. The third-order valence-electron chi connectivity index (χ3n) is 28.0. The second-order valence-corrected chi connectivity index (χ2v) is 35.9. The van der Waals surface area contributed by atoms with E-state index in [9.17, 15) is 38.4 Å². The normalized spacial score (nSPS) is 18.7. The van der Waals surface area contributed by atoms with Gasteiger partial charge in [-0.15, -0.1) is 0 Å². The van der Waals surface area contributed by atoms with Crippen LogP contribution in [0.3, 0.4) is 0 Å². The monoisotopic (exact) mass is 1860 g/mol. The molecule has 0 bridgehead atoms. The Morgan fingerprint density at radius 2 is 0.807 bits per heavy atom. The van der Waals surface area contributed by atoms with Gasteiger partial charge in [0.15, 0.2) is 0 Å². The quantitative estimate of drug-likeness (QED) is 0.0208. The summed E-state index contributed by atoms with van der Waals surface area (Å²) >= 11 is -1.44. The number of nitrogens with zero attached hydrogens (tertiary/aromatic N) is 8. The van der Waals surface area contributed by atoms with Gasteiger partial charge in [0, 0.05) is 80.4 Å². The van der Waals surface area contributed by atoms with Gasteiger partial charge in [0.2, 0.25) is 23.6 Å². The number of hydrogen-bond acceptors (Lipinski definition) is 20. The van der Waals surface area contributed by atoms with E-state index in [1.807, 2.05) is 92.7 Å². The molecule has 697 valence electrons. The van der Waals surface area contributed by atoms with E-state index in [4.69, 9.17) is 56.0 Å². The predicted octanol–water partition coefficient (Wildman–Crippen LogP) is 16.7. The zero-order valence-corrected chi connectivity index (χ0v) is 76.9. The van der Waals surface area contributed by atoms with E-state index in [0.29, 0.717) is 78.3 Å². The summed E-state index contributed by atoms with van der Waals surface area (Å²) < 4.78 is 47.7. The summed E-state index contributed by atoms with van der Waals surface area (Å²) in [5.74, 6) is 0.453. The molecule has 6 amide bonds. The number of fused-ring (bicyclic) bond motifs is 8. The first kappa shape index (κ1) is 91.7. The summed E-state index contributed by atoms with van der Waals surface area (Å²) in [6, 6.07) is 59.7. The molecular formula is C104H108MnN14O16. The van der Waals surface area contributed by atoms with Crippen LogP contribution in [-0.4, -0.2) is 200 Å². The molecule has 0 radical (unpaired) electrons. The van der Waals surface area contributed by atoms with Crippen molar-refractivity contribution >= 4 is 91.1 Å². The molecular weight excluding hydrogens is 1760 g/mol. The second kappa shape index (κ2) is 41.4. The number of carbonyl (C=O) groups is 8. The third kappa shape index (κ3) is 19.7. The molecule has 30 nitrogen and oxygen atoms in total. The van der Waals surface area contributed by atoms with Crippen molar-refractivity contribution in [1.82, 2.24) is 70.1 Å². The summed E-state index contributed by atoms with van der Waals surface area (Å²) in [5, 5.41) is 12.2. The molecule has 20 rings (SSSR count). The fraction of sp³-hybridized carbons (Fsp3) is 0.365. The van der Waals surface area contributed by atoms with Crippen molar-refractivity contribution in [3.8, 4) is 56.0 Å². The Bertz CT molecular complexity index is 6620. The molecule has 135 heavy (non-hydrogen) atoms. The summed E-state index contributed by atoms with van der Waals surface area (Å²) in [4.78, 5) is 148. The third-order valence-corrected chi connectivity index (χ3v) is 28.0. The maximum absolute atomic E-state index is 14.2. The van der Waals surface area contributed by atoms with Crippen LogP contribution in [-0.2, 0) is 92.5 Å². The van der Waals surface area contributed by atoms with Crippen LogP contribution in [0.5, 0.6) is 0 Å². The average Bonchev–Trinajstić information content (AvgIpc) is 1.63. The molecule has 10 heterocycles. The van der Waals surface area contributed by atoms with Gasteiger partial charge in [0.25, 0.3) is 0 Å². The van der Waals surface area contributed by atoms with Crippen molar-refractivity contribution in [3.05, 3.63) is 240 Å². The van der Waals surface area contributed by atoms with Crippen LogP contribution in [0.2, 0.25) is 0 Å². The molecule has 4 aromatic heterocycles. The Morgan fingerprint density at radius 3 is 1.26 bits per heavy atom. The molecule has 6 N–H and O–H groups in total. The first-order chi connectivity index (χ1) is 65.9. The Kier molecular flexibility index (Phi) is 28.1. The minimum absolute atomic E-state index is 0.0195. The van der Waals surface area contributed by atoms with Crippen LogP contribution in [0.15, 0.2) is 194 Å². The minimum atomic E-state index is -1.44. The van der Waals surface area contributed by atoms with Crippen LogP contribution in [0.1, 0.15) is 172 Å². The van der Waals surface area contributed by atoms with Crippen molar-refractivity contribution in [2.45, 2.75) is 151 Å². The first-order valence-corrected chi connectivity index (χ1v) is 47.4. The topological polar surface area (TPSA) is 378 Å². The Labute approximate surface area is 785 Å². The Morgan fingerprint density at radius 1 is 0.415 bits per heavy atom. The molecule has 0 unspecified atom stereocenters. The number of methoxy groups -OCH3 is 4. The Hall–Kier alpha value is -13.7. The molecule has 1 aliphatic carbocycles. The number of amides is 6. The van der Waals surface area contributed by atoms with Crippen molar-refractivity contribution in [2.24, 2.45) is 11.8 Å². The number of imidazole rings is 4. The molecule has 6 fully saturated rings. The fourth-order valence-electron chi connectivity index (χ4n) is 20.9. The summed E-state index contributed by atoms with van der Waals surface area (Å²) in [5.41, 5.74) is 15.9. The molecule has 13 aromatic rings. The number of aryl methyl sites for hydroxylation is 2. The summed E-state index contributed by atoms with van der Waals surface area (Å²) in [6.45, 7) is 4.63. The standard InChI is InChI=1S/C52H55N7O7.C52H53N7O7.Mn.2O/c2*1-64-45(60)29-40(31-8-4-3-5-9-31)50(61)58-22-6-10-43(58)48-53-30-42(55-48)38-15-14-34-26-33(12-13-35(34)28-38)36-16-18-39-37(27-36)17-19-41-47(39)56-49(54-41)44-11-7-23-59(44)51(62)46(57-52(63)65-2)32-20-24-66-25-21-32;;;/h3-5,8-9,12-16,18,26-28,30,32,40,43-44,46H,6-7,10-11,17,19-25,29H2,1-2H3,(H,53,55)(H,54,56)(H,57,63);3-5,8-9,12-19,26-28,30,32,40,43-44,46H,6-7,10-11,20-25,29H2,1-2H3,(H,53,55)(H,54,56)(H,57,63);;;/t2*40-,43+,44+,46+;;;/m11.../s1. The van der Waals surface area contributed by atoms with Gasteiger partial charge in [-0.25, -0.2) is 29.5 Å². The van der Waals surface area contributed by atoms with Crippen LogP contribution in [0.25, 0.3) is 99.4 Å². The van der Waals surface area contributed by atoms with E-state index >= 15 is 0 Å².